The van der Waals surface area contributed by atoms with Crippen LogP contribution in [0.4, 0.5) is 5.00 Å². The molecule has 0 atom stereocenters. The number of thiophene rings is 1. The van der Waals surface area contributed by atoms with Gasteiger partial charge in [0.25, 0.3) is 11.8 Å². The summed E-state index contributed by atoms with van der Waals surface area (Å²) in [5.74, 6) is -0.265. The van der Waals surface area contributed by atoms with Gasteiger partial charge in [-0.05, 0) is 48.4 Å². The first-order chi connectivity index (χ1) is 13.0. The van der Waals surface area contributed by atoms with E-state index in [4.69, 9.17) is 9.68 Å². The van der Waals surface area contributed by atoms with Crippen LogP contribution in [0.1, 0.15) is 36.9 Å². The summed E-state index contributed by atoms with van der Waals surface area (Å²) in [6.45, 7) is 2.26. The van der Waals surface area contributed by atoms with Crippen molar-refractivity contribution in [2.75, 3.05) is 12.4 Å². The first kappa shape index (κ1) is 18.4. The van der Waals surface area contributed by atoms with E-state index in [2.05, 4.69) is 11.4 Å². The molecule has 0 fully saturated rings. The second-order valence-electron chi connectivity index (χ2n) is 6.02. The van der Waals surface area contributed by atoms with E-state index in [0.717, 1.165) is 11.1 Å². The molecule has 0 aliphatic carbocycles. The van der Waals surface area contributed by atoms with Crippen LogP contribution in [0.2, 0.25) is 0 Å². The summed E-state index contributed by atoms with van der Waals surface area (Å²) < 4.78 is 5.07. The van der Waals surface area contributed by atoms with E-state index in [0.29, 0.717) is 22.0 Å². The van der Waals surface area contributed by atoms with Gasteiger partial charge in [0, 0.05) is 13.6 Å². The van der Waals surface area contributed by atoms with E-state index in [1.54, 1.807) is 42.3 Å². The number of carbonyl (C=O) groups excluding carboxylic acids is 2. The Labute approximate surface area is 160 Å². The molecule has 0 aliphatic heterocycles. The maximum absolute atomic E-state index is 12.8. The van der Waals surface area contributed by atoms with Gasteiger partial charge < -0.3 is 14.6 Å². The lowest BCUT2D eigenvalue weighted by Gasteiger charge is -2.17. The Kier molecular flexibility index (Phi) is 5.38. The Morgan fingerprint density at radius 3 is 2.63 bits per heavy atom. The van der Waals surface area contributed by atoms with Gasteiger partial charge in [-0.2, -0.15) is 5.26 Å². The van der Waals surface area contributed by atoms with Gasteiger partial charge in [-0.1, -0.05) is 12.1 Å². The first-order valence-corrected chi connectivity index (χ1v) is 8.99. The standard InChI is InChI=1S/C20H17N3O3S/c1-13-10-17(22-19(24)16-4-3-9-26-16)27-18(13)20(25)23(2)12-15-7-5-14(11-21)6-8-15/h3-10H,12H2,1-2H3,(H,22,24). The largest absolute Gasteiger partial charge is 0.459 e. The smallest absolute Gasteiger partial charge is 0.291 e. The summed E-state index contributed by atoms with van der Waals surface area (Å²) in [5, 5.41) is 12.2. The number of benzene rings is 1. The summed E-state index contributed by atoms with van der Waals surface area (Å²) >= 11 is 1.23. The molecule has 0 radical (unpaired) electrons. The minimum absolute atomic E-state index is 0.125. The summed E-state index contributed by atoms with van der Waals surface area (Å²) in [7, 11) is 1.72. The fraction of sp³-hybridized carbons (Fsp3) is 0.150. The van der Waals surface area contributed by atoms with E-state index in [9.17, 15) is 9.59 Å². The van der Waals surface area contributed by atoms with Gasteiger partial charge in [0.15, 0.2) is 5.76 Å². The summed E-state index contributed by atoms with van der Waals surface area (Å²) in [4.78, 5) is 27.0. The summed E-state index contributed by atoms with van der Waals surface area (Å²) in [6, 6.07) is 14.2. The second-order valence-corrected chi connectivity index (χ2v) is 7.08. The lowest BCUT2D eigenvalue weighted by atomic mass is 10.1. The van der Waals surface area contributed by atoms with E-state index in [1.807, 2.05) is 19.1 Å². The monoisotopic (exact) mass is 379 g/mol. The fourth-order valence-corrected chi connectivity index (χ4v) is 3.60. The number of aryl methyl sites for hydroxylation is 1. The van der Waals surface area contributed by atoms with Crippen LogP contribution in [0.5, 0.6) is 0 Å². The lowest BCUT2D eigenvalue weighted by molar-refractivity contribution is 0.0789. The summed E-state index contributed by atoms with van der Waals surface area (Å²) in [5.41, 5.74) is 2.32. The van der Waals surface area contributed by atoms with Crippen molar-refractivity contribution in [3.8, 4) is 6.07 Å². The van der Waals surface area contributed by atoms with Crippen LogP contribution in [0, 0.1) is 18.3 Å². The third-order valence-corrected chi connectivity index (χ3v) is 5.08. The quantitative estimate of drug-likeness (QED) is 0.725. The van der Waals surface area contributed by atoms with Crippen molar-refractivity contribution in [2.45, 2.75) is 13.5 Å². The number of nitrogens with one attached hydrogen (secondary N) is 1. The maximum Gasteiger partial charge on any atom is 0.291 e. The lowest BCUT2D eigenvalue weighted by Crippen LogP contribution is -2.25. The number of nitrogens with zero attached hydrogens (tertiary/aromatic N) is 2. The number of hydrogen-bond donors (Lipinski definition) is 1. The molecule has 0 bridgehead atoms. The van der Waals surface area contributed by atoms with Crippen LogP contribution in [0.25, 0.3) is 0 Å². The molecule has 0 unspecified atom stereocenters. The average molecular weight is 379 g/mol. The number of furan rings is 1. The fourth-order valence-electron chi connectivity index (χ4n) is 2.54. The SMILES string of the molecule is Cc1cc(NC(=O)c2ccco2)sc1C(=O)N(C)Cc1ccc(C#N)cc1. The molecule has 1 N–H and O–H groups in total. The predicted octanol–water partition coefficient (Wildman–Crippen LogP) is 4.05. The van der Waals surface area contributed by atoms with E-state index in [1.165, 1.54) is 17.6 Å². The molecule has 6 nitrogen and oxygen atoms in total. The Bertz CT molecular complexity index is 998. The third kappa shape index (κ3) is 4.25. The normalized spacial score (nSPS) is 10.3. The van der Waals surface area contributed by atoms with Crippen LogP contribution in [-0.4, -0.2) is 23.8 Å². The molecule has 136 valence electrons. The molecule has 0 saturated carbocycles. The third-order valence-electron chi connectivity index (χ3n) is 3.94. The van der Waals surface area contributed by atoms with E-state index >= 15 is 0 Å². The van der Waals surface area contributed by atoms with Crippen LogP contribution < -0.4 is 5.32 Å². The molecular formula is C20H17N3O3S. The molecule has 2 amide bonds. The number of amides is 2. The van der Waals surface area contributed by atoms with Gasteiger partial charge >= 0.3 is 0 Å². The Morgan fingerprint density at radius 2 is 2.00 bits per heavy atom. The van der Waals surface area contributed by atoms with Gasteiger partial charge in [0.2, 0.25) is 0 Å². The minimum Gasteiger partial charge on any atom is -0.459 e. The molecule has 7 heteroatoms. The number of anilines is 1. The molecular weight excluding hydrogens is 362 g/mol. The highest BCUT2D eigenvalue weighted by Crippen LogP contribution is 2.28. The van der Waals surface area contributed by atoms with Crippen molar-refractivity contribution >= 4 is 28.2 Å². The van der Waals surface area contributed by atoms with Gasteiger partial charge in [-0.15, -0.1) is 11.3 Å². The van der Waals surface area contributed by atoms with Crippen LogP contribution in [-0.2, 0) is 6.54 Å². The molecule has 0 spiro atoms. The molecule has 1 aromatic carbocycles. The number of carbonyl (C=O) groups is 2. The highest BCUT2D eigenvalue weighted by Gasteiger charge is 2.19. The van der Waals surface area contributed by atoms with E-state index < -0.39 is 0 Å². The zero-order chi connectivity index (χ0) is 19.4. The van der Waals surface area contributed by atoms with Crippen molar-refractivity contribution in [1.82, 2.24) is 4.90 Å². The second kappa shape index (κ2) is 7.89. The maximum atomic E-state index is 12.8. The topological polar surface area (TPSA) is 86.3 Å². The van der Waals surface area contributed by atoms with Gasteiger partial charge in [-0.25, -0.2) is 0 Å². The zero-order valence-corrected chi connectivity index (χ0v) is 15.7. The molecule has 3 aromatic rings. The highest BCUT2D eigenvalue weighted by molar-refractivity contribution is 7.18. The van der Waals surface area contributed by atoms with Crippen molar-refractivity contribution < 1.29 is 14.0 Å². The first-order valence-electron chi connectivity index (χ1n) is 8.17. The molecule has 0 aliphatic rings. The molecule has 2 aromatic heterocycles. The van der Waals surface area contributed by atoms with Crippen LogP contribution in [0.3, 0.4) is 0 Å². The summed E-state index contributed by atoms with van der Waals surface area (Å²) in [6.07, 6.45) is 1.43. The van der Waals surface area contributed by atoms with Crippen molar-refractivity contribution in [3.05, 3.63) is 76.1 Å². The number of nitriles is 1. The average Bonchev–Trinajstić information content (AvgIpc) is 3.31. The zero-order valence-electron chi connectivity index (χ0n) is 14.9. The molecule has 2 heterocycles. The van der Waals surface area contributed by atoms with Crippen molar-refractivity contribution in [1.29, 1.82) is 5.26 Å². The number of rotatable bonds is 5. The van der Waals surface area contributed by atoms with Gasteiger partial charge in [-0.3, -0.25) is 9.59 Å². The van der Waals surface area contributed by atoms with Crippen molar-refractivity contribution in [3.63, 3.8) is 0 Å². The molecule has 3 rings (SSSR count). The van der Waals surface area contributed by atoms with E-state index in [-0.39, 0.29) is 17.6 Å². The Morgan fingerprint density at radius 1 is 1.26 bits per heavy atom. The van der Waals surface area contributed by atoms with Gasteiger partial charge in [0.1, 0.15) is 0 Å². The number of hydrogen-bond acceptors (Lipinski definition) is 5. The van der Waals surface area contributed by atoms with Crippen molar-refractivity contribution in [2.24, 2.45) is 0 Å². The predicted molar refractivity (Wildman–Crippen MR) is 103 cm³/mol. The van der Waals surface area contributed by atoms with Crippen LogP contribution >= 0.6 is 11.3 Å². The Balaban J connectivity index is 1.69. The molecule has 0 saturated heterocycles. The Hall–Kier alpha value is -3.37. The highest BCUT2D eigenvalue weighted by atomic mass is 32.1. The minimum atomic E-state index is -0.355. The van der Waals surface area contributed by atoms with Crippen LogP contribution in [0.15, 0.2) is 53.1 Å². The van der Waals surface area contributed by atoms with Gasteiger partial charge in [0.05, 0.1) is 27.8 Å². The molecule has 27 heavy (non-hydrogen) atoms.